The molecule has 0 amide bonds. The molecule has 0 saturated heterocycles. The maximum atomic E-state index is 4.75. The van der Waals surface area contributed by atoms with Gasteiger partial charge in [0.15, 0.2) is 22.9 Å². The summed E-state index contributed by atoms with van der Waals surface area (Å²) in [5, 5.41) is 1.04. The summed E-state index contributed by atoms with van der Waals surface area (Å²) in [6.45, 7) is 2.20. The van der Waals surface area contributed by atoms with Gasteiger partial charge in [-0.05, 0) is 36.4 Å². The van der Waals surface area contributed by atoms with E-state index in [1.807, 2.05) is 35.9 Å². The van der Waals surface area contributed by atoms with E-state index >= 15 is 0 Å². The molecular weight excluding hydrogens is 320 g/mol. The van der Waals surface area contributed by atoms with Gasteiger partial charge >= 0.3 is 0 Å². The third-order valence-electron chi connectivity index (χ3n) is 3.91. The number of aromatic amines is 1. The van der Waals surface area contributed by atoms with E-state index in [2.05, 4.69) is 26.9 Å². The normalized spacial score (nSPS) is 11.6. The van der Waals surface area contributed by atoms with Gasteiger partial charge in [-0.1, -0.05) is 13.3 Å². The Hall–Kier alpha value is -2.41. The monoisotopic (exact) mass is 338 g/mol. The first-order valence-electron chi connectivity index (χ1n) is 8.03. The highest BCUT2D eigenvalue weighted by atomic mass is 32.2. The first-order chi connectivity index (χ1) is 11.8. The summed E-state index contributed by atoms with van der Waals surface area (Å²) in [7, 11) is 1.97. The molecule has 0 radical (unpaired) electrons. The molecule has 0 fully saturated rings. The van der Waals surface area contributed by atoms with Crippen molar-refractivity contribution in [2.24, 2.45) is 7.05 Å². The summed E-state index contributed by atoms with van der Waals surface area (Å²) in [6, 6.07) is 7.92. The third-order valence-corrected chi connectivity index (χ3v) is 4.92. The Balaban J connectivity index is 1.74. The van der Waals surface area contributed by atoms with Crippen LogP contribution in [0.1, 0.15) is 19.8 Å². The van der Waals surface area contributed by atoms with Crippen molar-refractivity contribution in [3.8, 4) is 11.6 Å². The first-order valence-corrected chi connectivity index (χ1v) is 9.02. The molecular formula is C17H18N6S. The highest BCUT2D eigenvalue weighted by Gasteiger charge is 2.15. The number of H-pyrrole nitrogens is 1. The molecule has 4 aromatic heterocycles. The Kier molecular flexibility index (Phi) is 3.93. The average Bonchev–Trinajstić information content (AvgIpc) is 3.16. The maximum absolute atomic E-state index is 4.75. The minimum atomic E-state index is 0.698. The van der Waals surface area contributed by atoms with E-state index in [1.165, 1.54) is 12.8 Å². The Morgan fingerprint density at radius 3 is 2.92 bits per heavy atom. The van der Waals surface area contributed by atoms with Gasteiger partial charge in [0.25, 0.3) is 0 Å². The van der Waals surface area contributed by atoms with Crippen LogP contribution in [0.3, 0.4) is 0 Å². The number of fused-ring (bicyclic) bond motifs is 2. The van der Waals surface area contributed by atoms with Gasteiger partial charge in [0.1, 0.15) is 5.52 Å². The van der Waals surface area contributed by atoms with Crippen LogP contribution in [-0.2, 0) is 7.05 Å². The lowest BCUT2D eigenvalue weighted by molar-refractivity contribution is 0.893. The highest BCUT2D eigenvalue weighted by Crippen LogP contribution is 2.25. The zero-order chi connectivity index (χ0) is 16.5. The van der Waals surface area contributed by atoms with Gasteiger partial charge < -0.3 is 9.55 Å². The van der Waals surface area contributed by atoms with Crippen LogP contribution >= 0.6 is 11.8 Å². The smallest absolute Gasteiger partial charge is 0.178 e. The molecule has 0 bridgehead atoms. The average molecular weight is 338 g/mol. The molecule has 7 heteroatoms. The van der Waals surface area contributed by atoms with Crippen LogP contribution in [-0.4, -0.2) is 35.2 Å². The van der Waals surface area contributed by atoms with Gasteiger partial charge in [0.2, 0.25) is 0 Å². The van der Waals surface area contributed by atoms with Crippen LogP contribution in [0.2, 0.25) is 0 Å². The van der Waals surface area contributed by atoms with E-state index < -0.39 is 0 Å². The molecule has 0 unspecified atom stereocenters. The van der Waals surface area contributed by atoms with Crippen molar-refractivity contribution in [1.82, 2.24) is 29.5 Å². The number of nitrogens with one attached hydrogen (secondary N) is 1. The lowest BCUT2D eigenvalue weighted by Gasteiger charge is -2.01. The van der Waals surface area contributed by atoms with Crippen LogP contribution in [0.4, 0.5) is 0 Å². The molecule has 0 saturated carbocycles. The van der Waals surface area contributed by atoms with Crippen molar-refractivity contribution in [1.29, 1.82) is 0 Å². The topological polar surface area (TPSA) is 72.3 Å². The molecule has 0 aromatic carbocycles. The highest BCUT2D eigenvalue weighted by molar-refractivity contribution is 7.99. The number of rotatable bonds is 5. The second-order valence-electron chi connectivity index (χ2n) is 5.65. The summed E-state index contributed by atoms with van der Waals surface area (Å²) in [5.41, 5.74) is 3.35. The van der Waals surface area contributed by atoms with Gasteiger partial charge in [-0.3, -0.25) is 0 Å². The first kappa shape index (κ1) is 15.1. The zero-order valence-electron chi connectivity index (χ0n) is 13.7. The minimum Gasteiger partial charge on any atom is -0.334 e. The lowest BCUT2D eigenvalue weighted by atomic mass is 10.4. The Labute approximate surface area is 143 Å². The molecule has 0 spiro atoms. The minimum absolute atomic E-state index is 0.698. The number of aromatic nitrogens is 6. The summed E-state index contributed by atoms with van der Waals surface area (Å²) in [5.74, 6) is 2.57. The summed E-state index contributed by atoms with van der Waals surface area (Å²) in [6.07, 6.45) is 4.14. The van der Waals surface area contributed by atoms with E-state index in [9.17, 15) is 0 Å². The van der Waals surface area contributed by atoms with Gasteiger partial charge in [-0.15, -0.1) is 11.8 Å². The SMILES string of the molecule is CCCCSc1ccc2nc(-c3nc4ncccc4[nH]3)n(C)c2n1. The maximum Gasteiger partial charge on any atom is 0.178 e. The van der Waals surface area contributed by atoms with Crippen LogP contribution in [0.5, 0.6) is 0 Å². The number of thioether (sulfide) groups is 1. The van der Waals surface area contributed by atoms with Gasteiger partial charge in [0, 0.05) is 13.2 Å². The van der Waals surface area contributed by atoms with E-state index in [-0.39, 0.29) is 0 Å². The number of hydrogen-bond donors (Lipinski definition) is 1. The van der Waals surface area contributed by atoms with Crippen molar-refractivity contribution in [3.05, 3.63) is 30.5 Å². The van der Waals surface area contributed by atoms with Crippen molar-refractivity contribution >= 4 is 34.1 Å². The van der Waals surface area contributed by atoms with Gasteiger partial charge in [-0.2, -0.15) is 0 Å². The fourth-order valence-electron chi connectivity index (χ4n) is 2.61. The van der Waals surface area contributed by atoms with Crippen molar-refractivity contribution < 1.29 is 0 Å². The Morgan fingerprint density at radius 1 is 1.17 bits per heavy atom. The summed E-state index contributed by atoms with van der Waals surface area (Å²) >= 11 is 1.79. The van der Waals surface area contributed by atoms with E-state index in [4.69, 9.17) is 4.98 Å². The zero-order valence-corrected chi connectivity index (χ0v) is 14.5. The number of nitrogens with zero attached hydrogens (tertiary/aromatic N) is 5. The lowest BCUT2D eigenvalue weighted by Crippen LogP contribution is -1.95. The summed E-state index contributed by atoms with van der Waals surface area (Å²) in [4.78, 5) is 21.5. The van der Waals surface area contributed by atoms with Crippen LogP contribution in [0.25, 0.3) is 34.0 Å². The molecule has 6 nitrogen and oxygen atoms in total. The fraction of sp³-hybridized carbons (Fsp3) is 0.294. The molecule has 24 heavy (non-hydrogen) atoms. The quantitative estimate of drug-likeness (QED) is 0.443. The standard InChI is InChI=1S/C17H18N6S/c1-3-4-10-24-13-8-7-12-16(21-13)23(2)17(20-12)15-19-11-6-5-9-18-14(11)22-15/h5-9H,3-4,10H2,1-2H3,(H,18,19,22). The molecule has 122 valence electrons. The predicted molar refractivity (Wildman–Crippen MR) is 97.0 cm³/mol. The number of unbranched alkanes of at least 4 members (excludes halogenated alkanes) is 1. The van der Waals surface area contributed by atoms with E-state index in [1.54, 1.807) is 18.0 Å². The second-order valence-corrected chi connectivity index (χ2v) is 6.76. The van der Waals surface area contributed by atoms with E-state index in [0.29, 0.717) is 11.5 Å². The van der Waals surface area contributed by atoms with Crippen LogP contribution in [0, 0.1) is 0 Å². The molecule has 4 aromatic rings. The second kappa shape index (κ2) is 6.24. The largest absolute Gasteiger partial charge is 0.334 e. The number of aryl methyl sites for hydroxylation is 1. The van der Waals surface area contributed by atoms with Crippen LogP contribution in [0.15, 0.2) is 35.5 Å². The predicted octanol–water partition coefficient (Wildman–Crippen LogP) is 3.80. The van der Waals surface area contributed by atoms with Crippen molar-refractivity contribution in [2.75, 3.05) is 5.75 Å². The molecule has 0 aliphatic rings. The molecule has 4 heterocycles. The molecule has 0 aliphatic heterocycles. The third kappa shape index (κ3) is 2.65. The van der Waals surface area contributed by atoms with Crippen molar-refractivity contribution in [3.63, 3.8) is 0 Å². The van der Waals surface area contributed by atoms with E-state index in [0.717, 1.165) is 33.3 Å². The van der Waals surface area contributed by atoms with Crippen LogP contribution < -0.4 is 0 Å². The Bertz CT molecular complexity index is 970. The number of imidazole rings is 2. The number of hydrogen-bond acceptors (Lipinski definition) is 5. The fourth-order valence-corrected chi connectivity index (χ4v) is 3.57. The Morgan fingerprint density at radius 2 is 2.08 bits per heavy atom. The summed E-state index contributed by atoms with van der Waals surface area (Å²) < 4.78 is 1.98. The number of pyridine rings is 2. The molecule has 0 atom stereocenters. The molecule has 4 rings (SSSR count). The van der Waals surface area contributed by atoms with Gasteiger partial charge in [-0.25, -0.2) is 19.9 Å². The molecule has 1 N–H and O–H groups in total. The van der Waals surface area contributed by atoms with Gasteiger partial charge in [0.05, 0.1) is 10.5 Å². The van der Waals surface area contributed by atoms with Crippen molar-refractivity contribution in [2.45, 2.75) is 24.8 Å². The molecule has 0 aliphatic carbocycles.